The zero-order valence-electron chi connectivity index (χ0n) is 17.5. The summed E-state index contributed by atoms with van der Waals surface area (Å²) in [5.41, 5.74) is 7.55. The Hall–Kier alpha value is -2.94. The molecule has 1 fully saturated rings. The first kappa shape index (κ1) is 20.8. The fourth-order valence-corrected chi connectivity index (χ4v) is 3.28. The number of anilines is 4. The molecule has 3 rings (SSSR count). The summed E-state index contributed by atoms with van der Waals surface area (Å²) in [5.74, 6) is 1.54. The summed E-state index contributed by atoms with van der Waals surface area (Å²) in [6.45, 7) is 8.93. The molecule has 9 nitrogen and oxygen atoms in total. The summed E-state index contributed by atoms with van der Waals surface area (Å²) in [5, 5.41) is 9.95. The monoisotopic (exact) mass is 398 g/mol. The first-order valence-electron chi connectivity index (χ1n) is 9.93. The number of benzene rings is 1. The van der Waals surface area contributed by atoms with Crippen LogP contribution in [0.4, 0.5) is 23.5 Å². The summed E-state index contributed by atoms with van der Waals surface area (Å²) >= 11 is 0. The van der Waals surface area contributed by atoms with Crippen LogP contribution < -0.4 is 26.6 Å². The molecule has 1 saturated heterocycles. The van der Waals surface area contributed by atoms with Crippen molar-refractivity contribution in [2.75, 3.05) is 42.2 Å². The van der Waals surface area contributed by atoms with Crippen LogP contribution in [0.1, 0.15) is 36.2 Å². The van der Waals surface area contributed by atoms with E-state index in [1.165, 1.54) is 0 Å². The number of carbonyl (C=O) groups excluding carboxylic acids is 1. The molecular weight excluding hydrogens is 368 g/mol. The van der Waals surface area contributed by atoms with Gasteiger partial charge in [-0.1, -0.05) is 19.9 Å². The van der Waals surface area contributed by atoms with E-state index in [1.54, 1.807) is 12.1 Å². The van der Waals surface area contributed by atoms with E-state index in [-0.39, 0.29) is 6.04 Å². The number of aryl methyl sites for hydroxylation is 1. The van der Waals surface area contributed by atoms with Crippen LogP contribution >= 0.6 is 0 Å². The van der Waals surface area contributed by atoms with E-state index in [9.17, 15) is 4.79 Å². The lowest BCUT2D eigenvalue weighted by atomic mass is 10.1. The second-order valence-corrected chi connectivity index (χ2v) is 7.91. The van der Waals surface area contributed by atoms with Gasteiger partial charge >= 0.3 is 0 Å². The highest BCUT2D eigenvalue weighted by molar-refractivity contribution is 5.94. The van der Waals surface area contributed by atoms with Gasteiger partial charge in [-0.2, -0.15) is 15.0 Å². The topological polar surface area (TPSA) is 121 Å². The maximum atomic E-state index is 11.5. The summed E-state index contributed by atoms with van der Waals surface area (Å²) in [6, 6.07) is 5.55. The molecule has 1 amide bonds. The van der Waals surface area contributed by atoms with Crippen molar-refractivity contribution in [2.45, 2.75) is 33.2 Å². The van der Waals surface area contributed by atoms with E-state index < -0.39 is 5.91 Å². The molecule has 1 aliphatic heterocycles. The van der Waals surface area contributed by atoms with Gasteiger partial charge in [0.25, 0.3) is 0 Å². The lowest BCUT2D eigenvalue weighted by molar-refractivity contribution is 0.100. The quantitative estimate of drug-likeness (QED) is 0.532. The number of rotatable bonds is 8. The second kappa shape index (κ2) is 9.04. The molecule has 0 aliphatic carbocycles. The Kier molecular flexibility index (Phi) is 6.48. The molecule has 0 spiro atoms. The molecular formula is C20H30N8O. The fourth-order valence-electron chi connectivity index (χ4n) is 3.28. The number of aromatic nitrogens is 3. The van der Waals surface area contributed by atoms with Crippen molar-refractivity contribution < 1.29 is 4.79 Å². The van der Waals surface area contributed by atoms with Crippen molar-refractivity contribution in [3.05, 3.63) is 29.3 Å². The van der Waals surface area contributed by atoms with Crippen LogP contribution in [-0.2, 0) is 0 Å². The van der Waals surface area contributed by atoms with Gasteiger partial charge in [0.05, 0.1) is 0 Å². The number of nitrogens with one attached hydrogen (secondary N) is 3. The molecule has 1 aromatic carbocycles. The minimum atomic E-state index is -0.475. The molecule has 5 N–H and O–H groups in total. The molecule has 0 radical (unpaired) electrons. The van der Waals surface area contributed by atoms with Crippen molar-refractivity contribution in [3.63, 3.8) is 0 Å². The number of carbonyl (C=O) groups is 1. The number of nitrogens with two attached hydrogens (primary N) is 1. The molecule has 2 aromatic rings. The molecule has 0 saturated carbocycles. The number of primary amides is 1. The van der Waals surface area contributed by atoms with Crippen LogP contribution in [0.3, 0.4) is 0 Å². The molecule has 29 heavy (non-hydrogen) atoms. The number of hydrogen-bond donors (Lipinski definition) is 4. The van der Waals surface area contributed by atoms with Crippen LogP contribution in [0.2, 0.25) is 0 Å². The summed E-state index contributed by atoms with van der Waals surface area (Å²) in [4.78, 5) is 27.3. The molecule has 2 heterocycles. The van der Waals surface area contributed by atoms with Gasteiger partial charge in [-0.3, -0.25) is 4.79 Å². The molecule has 1 aromatic heterocycles. The third-order valence-corrected chi connectivity index (χ3v) is 4.77. The summed E-state index contributed by atoms with van der Waals surface area (Å²) in [6.07, 6.45) is 1.02. The average Bonchev–Trinajstić information content (AvgIpc) is 3.15. The van der Waals surface area contributed by atoms with Gasteiger partial charge in [0.1, 0.15) is 0 Å². The Morgan fingerprint density at radius 2 is 2.07 bits per heavy atom. The molecule has 1 aliphatic rings. The van der Waals surface area contributed by atoms with E-state index >= 15 is 0 Å². The minimum Gasteiger partial charge on any atom is -0.366 e. The molecule has 9 heteroatoms. The SMILES string of the molecule is Cc1ccc(C(N)=O)cc1Nc1nc(N[C@@H]2CCNC2)nc(N(C)CC(C)C)n1. The highest BCUT2D eigenvalue weighted by Gasteiger charge is 2.18. The minimum absolute atomic E-state index is 0.286. The predicted octanol–water partition coefficient (Wildman–Crippen LogP) is 1.89. The largest absolute Gasteiger partial charge is 0.366 e. The van der Waals surface area contributed by atoms with Gasteiger partial charge in [-0.25, -0.2) is 0 Å². The van der Waals surface area contributed by atoms with Crippen molar-refractivity contribution in [1.29, 1.82) is 0 Å². The highest BCUT2D eigenvalue weighted by atomic mass is 16.1. The van der Waals surface area contributed by atoms with E-state index in [1.807, 2.05) is 24.9 Å². The maximum Gasteiger partial charge on any atom is 0.248 e. The van der Waals surface area contributed by atoms with Crippen LogP contribution in [0.5, 0.6) is 0 Å². The Morgan fingerprint density at radius 1 is 1.31 bits per heavy atom. The average molecular weight is 399 g/mol. The van der Waals surface area contributed by atoms with Gasteiger partial charge in [0.2, 0.25) is 23.8 Å². The summed E-state index contributed by atoms with van der Waals surface area (Å²) in [7, 11) is 1.97. The molecule has 0 bridgehead atoms. The van der Waals surface area contributed by atoms with Gasteiger partial charge in [0, 0.05) is 37.4 Å². The fraction of sp³-hybridized carbons (Fsp3) is 0.500. The summed E-state index contributed by atoms with van der Waals surface area (Å²) < 4.78 is 0. The molecule has 0 unspecified atom stereocenters. The highest BCUT2D eigenvalue weighted by Crippen LogP contribution is 2.22. The third kappa shape index (κ3) is 5.54. The van der Waals surface area contributed by atoms with Crippen LogP contribution in [-0.4, -0.2) is 53.6 Å². The maximum absolute atomic E-state index is 11.5. The Morgan fingerprint density at radius 3 is 2.72 bits per heavy atom. The number of hydrogen-bond acceptors (Lipinski definition) is 8. The van der Waals surface area contributed by atoms with Gasteiger partial charge < -0.3 is 26.6 Å². The Balaban J connectivity index is 1.91. The van der Waals surface area contributed by atoms with Gasteiger partial charge in [-0.15, -0.1) is 0 Å². The Labute approximate surface area is 171 Å². The van der Waals surface area contributed by atoms with E-state index in [2.05, 4.69) is 44.7 Å². The van der Waals surface area contributed by atoms with E-state index in [0.29, 0.717) is 29.3 Å². The molecule has 1 atom stereocenters. The van der Waals surface area contributed by atoms with Crippen LogP contribution in [0.25, 0.3) is 0 Å². The van der Waals surface area contributed by atoms with Gasteiger partial charge in [-0.05, 0) is 43.5 Å². The van der Waals surface area contributed by atoms with Gasteiger partial charge in [0.15, 0.2) is 0 Å². The third-order valence-electron chi connectivity index (χ3n) is 4.77. The molecule has 156 valence electrons. The van der Waals surface area contributed by atoms with E-state index in [0.717, 1.165) is 37.3 Å². The second-order valence-electron chi connectivity index (χ2n) is 7.91. The zero-order valence-corrected chi connectivity index (χ0v) is 17.5. The number of nitrogens with zero attached hydrogens (tertiary/aromatic N) is 4. The smallest absolute Gasteiger partial charge is 0.248 e. The van der Waals surface area contributed by atoms with E-state index in [4.69, 9.17) is 5.73 Å². The zero-order chi connectivity index (χ0) is 21.0. The van der Waals surface area contributed by atoms with Crippen molar-refractivity contribution in [1.82, 2.24) is 20.3 Å². The first-order valence-corrected chi connectivity index (χ1v) is 9.93. The Bertz CT molecular complexity index is 864. The van der Waals surface area contributed by atoms with Crippen LogP contribution in [0.15, 0.2) is 18.2 Å². The van der Waals surface area contributed by atoms with Crippen molar-refractivity contribution in [2.24, 2.45) is 11.7 Å². The number of amides is 1. The first-order chi connectivity index (χ1) is 13.8. The standard InChI is InChI=1S/C20H30N8O/c1-12(2)11-28(4)20-26-18(23-15-7-8-22-10-15)25-19(27-20)24-16-9-14(17(21)29)6-5-13(16)3/h5-6,9,12,15,22H,7-8,10-11H2,1-4H3,(H2,21,29)(H2,23,24,25,26,27)/t15-/m1/s1. The van der Waals surface area contributed by atoms with Crippen LogP contribution in [0, 0.1) is 12.8 Å². The predicted molar refractivity (Wildman–Crippen MR) is 116 cm³/mol. The normalized spacial score (nSPS) is 16.1. The lowest BCUT2D eigenvalue weighted by Crippen LogP contribution is -2.27. The van der Waals surface area contributed by atoms with Crippen molar-refractivity contribution in [3.8, 4) is 0 Å². The lowest BCUT2D eigenvalue weighted by Gasteiger charge is -2.21. The van der Waals surface area contributed by atoms with Crippen molar-refractivity contribution >= 4 is 29.4 Å².